The zero-order valence-corrected chi connectivity index (χ0v) is 21.8. The van der Waals surface area contributed by atoms with Gasteiger partial charge in [0.15, 0.2) is 5.60 Å². The predicted octanol–water partition coefficient (Wildman–Crippen LogP) is 4.77. The third-order valence-corrected chi connectivity index (χ3v) is 5.43. The fraction of sp³-hybridized carbons (Fsp3) is 0.464. The molecule has 0 aromatic heterocycles. The molecule has 0 unspecified atom stereocenters. The van der Waals surface area contributed by atoms with Crippen molar-refractivity contribution in [3.8, 4) is 5.75 Å². The first kappa shape index (κ1) is 28.7. The van der Waals surface area contributed by atoms with Crippen LogP contribution in [0.5, 0.6) is 5.75 Å². The first-order valence-electron chi connectivity index (χ1n) is 12.6. The van der Waals surface area contributed by atoms with Crippen molar-refractivity contribution in [2.75, 3.05) is 13.2 Å². The number of benzene rings is 2. The summed E-state index contributed by atoms with van der Waals surface area (Å²) in [7, 11) is 0. The van der Waals surface area contributed by atoms with Gasteiger partial charge in [0.25, 0.3) is 0 Å². The molecule has 0 fully saturated rings. The third kappa shape index (κ3) is 9.98. The van der Waals surface area contributed by atoms with Crippen LogP contribution in [0.1, 0.15) is 64.5 Å². The molecule has 0 bridgehead atoms. The summed E-state index contributed by atoms with van der Waals surface area (Å²) < 4.78 is 10.8. The molecule has 0 spiro atoms. The lowest BCUT2D eigenvalue weighted by atomic mass is 10.1. The Kier molecular flexibility index (Phi) is 11.8. The number of hydrazine groups is 1. The van der Waals surface area contributed by atoms with Crippen LogP contribution in [0.25, 0.3) is 0 Å². The fourth-order valence-corrected chi connectivity index (χ4v) is 3.42. The van der Waals surface area contributed by atoms with Crippen LogP contribution >= 0.6 is 0 Å². The van der Waals surface area contributed by atoms with Crippen molar-refractivity contribution in [3.63, 3.8) is 0 Å². The molecule has 0 aliphatic heterocycles. The van der Waals surface area contributed by atoms with Crippen LogP contribution in [0, 0.1) is 0 Å². The Morgan fingerprint density at radius 1 is 0.917 bits per heavy atom. The molecule has 0 heterocycles. The molecule has 0 saturated carbocycles. The summed E-state index contributed by atoms with van der Waals surface area (Å²) in [6.07, 6.45) is 3.44. The third-order valence-electron chi connectivity index (χ3n) is 5.43. The van der Waals surface area contributed by atoms with E-state index < -0.39 is 11.6 Å². The van der Waals surface area contributed by atoms with Gasteiger partial charge in [0, 0.05) is 13.0 Å². The van der Waals surface area contributed by atoms with Crippen molar-refractivity contribution in [2.24, 2.45) is 0 Å². The van der Waals surface area contributed by atoms with Crippen molar-refractivity contribution in [1.82, 2.24) is 15.8 Å². The summed E-state index contributed by atoms with van der Waals surface area (Å²) in [5.41, 5.74) is 3.65. The predicted molar refractivity (Wildman–Crippen MR) is 139 cm³/mol. The Morgan fingerprint density at radius 3 is 2.25 bits per heavy atom. The minimum Gasteiger partial charge on any atom is -0.476 e. The van der Waals surface area contributed by atoms with Gasteiger partial charge >= 0.3 is 12.0 Å². The number of amides is 3. The molecule has 2 N–H and O–H groups in total. The minimum absolute atomic E-state index is 0.215. The molecular weight excluding hydrogens is 458 g/mol. The van der Waals surface area contributed by atoms with E-state index in [1.165, 1.54) is 5.01 Å². The molecule has 196 valence electrons. The highest BCUT2D eigenvalue weighted by Crippen LogP contribution is 2.21. The van der Waals surface area contributed by atoms with Gasteiger partial charge in [-0.25, -0.2) is 14.6 Å². The van der Waals surface area contributed by atoms with Crippen LogP contribution in [0.3, 0.4) is 0 Å². The number of unbranched alkanes of at least 4 members (excludes halogenated alkanes) is 1. The molecule has 0 aliphatic carbocycles. The van der Waals surface area contributed by atoms with E-state index in [1.807, 2.05) is 42.5 Å². The lowest BCUT2D eigenvalue weighted by Gasteiger charge is -2.24. The van der Waals surface area contributed by atoms with E-state index in [-0.39, 0.29) is 24.9 Å². The summed E-state index contributed by atoms with van der Waals surface area (Å²) in [6, 6.07) is 16.7. The number of urea groups is 1. The van der Waals surface area contributed by atoms with Gasteiger partial charge in [-0.2, -0.15) is 0 Å². The van der Waals surface area contributed by atoms with Crippen molar-refractivity contribution in [3.05, 3.63) is 65.7 Å². The molecule has 2 aromatic rings. The molecule has 36 heavy (non-hydrogen) atoms. The van der Waals surface area contributed by atoms with E-state index in [0.29, 0.717) is 31.7 Å². The Bertz CT molecular complexity index is 961. The van der Waals surface area contributed by atoms with Gasteiger partial charge in [-0.15, -0.1) is 0 Å². The second-order valence-electron chi connectivity index (χ2n) is 9.02. The number of ether oxygens (including phenoxy) is 2. The molecule has 0 aliphatic rings. The highest BCUT2D eigenvalue weighted by atomic mass is 16.6. The normalized spacial score (nSPS) is 10.9. The Hall–Kier alpha value is -3.55. The number of esters is 1. The fourth-order valence-electron chi connectivity index (χ4n) is 3.42. The smallest absolute Gasteiger partial charge is 0.349 e. The maximum atomic E-state index is 12.6. The lowest BCUT2D eigenvalue weighted by molar-refractivity contribution is -0.158. The summed E-state index contributed by atoms with van der Waals surface area (Å²) in [5, 5.41) is 4.20. The molecule has 2 rings (SSSR count). The van der Waals surface area contributed by atoms with Crippen molar-refractivity contribution < 1.29 is 23.9 Å². The van der Waals surface area contributed by atoms with Crippen LogP contribution in [-0.4, -0.2) is 41.7 Å². The second kappa shape index (κ2) is 14.8. The zero-order valence-electron chi connectivity index (χ0n) is 21.8. The van der Waals surface area contributed by atoms with Crippen molar-refractivity contribution in [2.45, 2.75) is 71.9 Å². The molecule has 8 heteroatoms. The van der Waals surface area contributed by atoms with Gasteiger partial charge in [0.05, 0.1) is 13.2 Å². The number of nitrogens with zero attached hydrogens (tertiary/aromatic N) is 1. The van der Waals surface area contributed by atoms with Gasteiger partial charge in [0.1, 0.15) is 5.75 Å². The number of nitrogens with one attached hydrogen (secondary N) is 2. The lowest BCUT2D eigenvalue weighted by Crippen LogP contribution is -2.50. The quantitative estimate of drug-likeness (QED) is 0.236. The van der Waals surface area contributed by atoms with Crippen LogP contribution in [0.2, 0.25) is 0 Å². The van der Waals surface area contributed by atoms with E-state index in [1.54, 1.807) is 32.9 Å². The summed E-state index contributed by atoms with van der Waals surface area (Å²) in [6.45, 7) is 8.30. The highest BCUT2D eigenvalue weighted by Gasteiger charge is 2.31. The van der Waals surface area contributed by atoms with E-state index in [2.05, 4.69) is 17.7 Å². The Morgan fingerprint density at radius 2 is 1.61 bits per heavy atom. The van der Waals surface area contributed by atoms with E-state index in [0.717, 1.165) is 24.0 Å². The van der Waals surface area contributed by atoms with Gasteiger partial charge < -0.3 is 14.8 Å². The maximum Gasteiger partial charge on any atom is 0.349 e. The molecule has 0 radical (unpaired) electrons. The molecule has 0 atom stereocenters. The van der Waals surface area contributed by atoms with Gasteiger partial charge in [-0.05, 0) is 63.3 Å². The minimum atomic E-state index is -1.08. The summed E-state index contributed by atoms with van der Waals surface area (Å²) in [5.74, 6) is -0.0617. The molecule has 2 aromatic carbocycles. The number of hydrogen-bond donors (Lipinski definition) is 2. The largest absolute Gasteiger partial charge is 0.476 e. The van der Waals surface area contributed by atoms with Gasteiger partial charge in [0.2, 0.25) is 5.91 Å². The number of hydrogen-bond acceptors (Lipinski definition) is 5. The molecule has 8 nitrogen and oxygen atoms in total. The number of carbonyl (C=O) groups excluding carboxylic acids is 3. The Labute approximate surface area is 214 Å². The first-order chi connectivity index (χ1) is 17.2. The first-order valence-corrected chi connectivity index (χ1v) is 12.6. The van der Waals surface area contributed by atoms with Crippen LogP contribution in [0.4, 0.5) is 4.79 Å². The topological polar surface area (TPSA) is 97.0 Å². The van der Waals surface area contributed by atoms with Gasteiger partial charge in [-0.3, -0.25) is 10.2 Å². The SMILES string of the molecule is CCCCNC(=O)N(Cc1ccccc1)NC(=O)CCCc1ccc(OC(C)(C)C(=O)OCC)cc1. The number of carbonyl (C=O) groups is 3. The summed E-state index contributed by atoms with van der Waals surface area (Å²) in [4.78, 5) is 37.2. The summed E-state index contributed by atoms with van der Waals surface area (Å²) >= 11 is 0. The average molecular weight is 498 g/mol. The molecule has 3 amide bonds. The van der Waals surface area contributed by atoms with E-state index in [4.69, 9.17) is 9.47 Å². The number of aryl methyl sites for hydroxylation is 1. The zero-order chi connectivity index (χ0) is 26.4. The van der Waals surface area contributed by atoms with Crippen molar-refractivity contribution in [1.29, 1.82) is 0 Å². The van der Waals surface area contributed by atoms with Crippen LogP contribution in [-0.2, 0) is 27.3 Å². The van der Waals surface area contributed by atoms with Crippen LogP contribution in [0.15, 0.2) is 54.6 Å². The molecule has 0 saturated heterocycles. The highest BCUT2D eigenvalue weighted by molar-refractivity contribution is 5.81. The Balaban J connectivity index is 1.86. The van der Waals surface area contributed by atoms with Gasteiger partial charge in [-0.1, -0.05) is 55.8 Å². The maximum absolute atomic E-state index is 12.6. The average Bonchev–Trinajstić information content (AvgIpc) is 2.85. The van der Waals surface area contributed by atoms with Crippen molar-refractivity contribution >= 4 is 17.9 Å². The van der Waals surface area contributed by atoms with Crippen LogP contribution < -0.4 is 15.5 Å². The number of rotatable bonds is 13. The van der Waals surface area contributed by atoms with E-state index >= 15 is 0 Å². The molecular formula is C28H39N3O5. The van der Waals surface area contributed by atoms with E-state index in [9.17, 15) is 14.4 Å². The second-order valence-corrected chi connectivity index (χ2v) is 9.02. The monoisotopic (exact) mass is 497 g/mol. The standard InChI is InChI=1S/C28H39N3O5/c1-5-7-20-29-27(34)31(21-23-12-9-8-10-13-23)30-25(32)15-11-14-22-16-18-24(19-17-22)36-28(3,4)26(33)35-6-2/h8-10,12-13,16-19H,5-7,11,14-15,20-21H2,1-4H3,(H,29,34)(H,30,32).